The zero-order valence-electron chi connectivity index (χ0n) is 11.6. The molecule has 18 heavy (non-hydrogen) atoms. The summed E-state index contributed by atoms with van der Waals surface area (Å²) in [5.74, 6) is 0. The Labute approximate surface area is 114 Å². The Bertz CT molecular complexity index is 362. The Kier molecular flexibility index (Phi) is 5.15. The third-order valence-electron chi connectivity index (χ3n) is 3.69. The summed E-state index contributed by atoms with van der Waals surface area (Å²) in [5.41, 5.74) is 5.83. The van der Waals surface area contributed by atoms with E-state index in [9.17, 15) is 0 Å². The van der Waals surface area contributed by atoms with Crippen LogP contribution in [0.25, 0.3) is 0 Å². The average Bonchev–Trinajstić information content (AvgIpc) is 2.76. The first-order valence-corrected chi connectivity index (χ1v) is 7.94. The summed E-state index contributed by atoms with van der Waals surface area (Å²) in [4.78, 5) is 8.51. The van der Waals surface area contributed by atoms with Gasteiger partial charge in [0, 0.05) is 29.6 Å². The van der Waals surface area contributed by atoms with Crippen LogP contribution in [0.1, 0.15) is 43.0 Å². The van der Waals surface area contributed by atoms with Gasteiger partial charge < -0.3 is 10.6 Å². The van der Waals surface area contributed by atoms with Gasteiger partial charge in [0.1, 0.15) is 0 Å². The van der Waals surface area contributed by atoms with Crippen molar-refractivity contribution in [2.45, 2.75) is 58.0 Å². The standard InChI is InChI=1S/C14H25N3S/c1-3-17-7-5-4-6-12(17)9-14-16-10-13(18-14)8-11(2)15/h10-12H,3-9,15H2,1-2H3. The molecule has 1 fully saturated rings. The molecular weight excluding hydrogens is 242 g/mol. The van der Waals surface area contributed by atoms with E-state index in [2.05, 4.69) is 23.7 Å². The molecule has 2 heterocycles. The van der Waals surface area contributed by atoms with Crippen LogP contribution in [0.2, 0.25) is 0 Å². The molecule has 0 radical (unpaired) electrons. The van der Waals surface area contributed by atoms with E-state index in [-0.39, 0.29) is 6.04 Å². The fourth-order valence-electron chi connectivity index (χ4n) is 2.76. The van der Waals surface area contributed by atoms with Crippen molar-refractivity contribution in [2.24, 2.45) is 5.73 Å². The lowest BCUT2D eigenvalue weighted by atomic mass is 10.00. The number of hydrogen-bond acceptors (Lipinski definition) is 4. The summed E-state index contributed by atoms with van der Waals surface area (Å²) in [5, 5.41) is 1.29. The molecule has 0 saturated carbocycles. The summed E-state index contributed by atoms with van der Waals surface area (Å²) >= 11 is 1.85. The highest BCUT2D eigenvalue weighted by Gasteiger charge is 2.22. The summed E-state index contributed by atoms with van der Waals surface area (Å²) in [6.07, 6.45) is 8.16. The first-order chi connectivity index (χ1) is 8.69. The van der Waals surface area contributed by atoms with Crippen molar-refractivity contribution >= 4 is 11.3 Å². The summed E-state index contributed by atoms with van der Waals surface area (Å²) in [6, 6.07) is 0.943. The third-order valence-corrected chi connectivity index (χ3v) is 4.73. The van der Waals surface area contributed by atoms with Gasteiger partial charge in [-0.1, -0.05) is 13.3 Å². The summed E-state index contributed by atoms with van der Waals surface area (Å²) in [7, 11) is 0. The molecule has 1 aliphatic rings. The van der Waals surface area contributed by atoms with Gasteiger partial charge in [-0.15, -0.1) is 11.3 Å². The highest BCUT2D eigenvalue weighted by molar-refractivity contribution is 7.11. The average molecular weight is 267 g/mol. The number of likely N-dealkylation sites (N-methyl/N-ethyl adjacent to an activating group) is 1. The summed E-state index contributed by atoms with van der Waals surface area (Å²) in [6.45, 7) is 6.75. The van der Waals surface area contributed by atoms with E-state index in [4.69, 9.17) is 5.73 Å². The molecule has 102 valence electrons. The fourth-order valence-corrected chi connectivity index (χ4v) is 3.90. The van der Waals surface area contributed by atoms with Crippen LogP contribution >= 0.6 is 11.3 Å². The van der Waals surface area contributed by atoms with Gasteiger partial charge in [0.25, 0.3) is 0 Å². The maximum Gasteiger partial charge on any atom is 0.0943 e. The predicted molar refractivity (Wildman–Crippen MR) is 78.1 cm³/mol. The first-order valence-electron chi connectivity index (χ1n) is 7.12. The zero-order chi connectivity index (χ0) is 13.0. The third kappa shape index (κ3) is 3.77. The first kappa shape index (κ1) is 14.0. The molecular formula is C14H25N3S. The van der Waals surface area contributed by atoms with Gasteiger partial charge in [0.2, 0.25) is 0 Å². The van der Waals surface area contributed by atoms with E-state index >= 15 is 0 Å². The van der Waals surface area contributed by atoms with Crippen LogP contribution in [0.5, 0.6) is 0 Å². The van der Waals surface area contributed by atoms with Crippen molar-refractivity contribution in [1.29, 1.82) is 0 Å². The van der Waals surface area contributed by atoms with Gasteiger partial charge in [-0.25, -0.2) is 4.98 Å². The maximum absolute atomic E-state index is 5.83. The maximum atomic E-state index is 5.83. The Hall–Kier alpha value is -0.450. The van der Waals surface area contributed by atoms with Crippen LogP contribution in [0, 0.1) is 0 Å². The van der Waals surface area contributed by atoms with Crippen molar-refractivity contribution in [3.05, 3.63) is 16.1 Å². The molecule has 3 nitrogen and oxygen atoms in total. The number of hydrogen-bond donors (Lipinski definition) is 1. The van der Waals surface area contributed by atoms with Gasteiger partial charge in [0.05, 0.1) is 5.01 Å². The number of nitrogens with two attached hydrogens (primary N) is 1. The highest BCUT2D eigenvalue weighted by Crippen LogP contribution is 2.23. The number of thiazole rings is 1. The van der Waals surface area contributed by atoms with Gasteiger partial charge in [-0.2, -0.15) is 0 Å². The Balaban J connectivity index is 1.93. The van der Waals surface area contributed by atoms with Crippen molar-refractivity contribution < 1.29 is 0 Å². The molecule has 0 amide bonds. The number of piperidine rings is 1. The highest BCUT2D eigenvalue weighted by atomic mass is 32.1. The Morgan fingerprint density at radius 1 is 1.56 bits per heavy atom. The molecule has 4 heteroatoms. The Morgan fingerprint density at radius 2 is 2.39 bits per heavy atom. The van der Waals surface area contributed by atoms with E-state index in [1.807, 2.05) is 17.5 Å². The lowest BCUT2D eigenvalue weighted by molar-refractivity contribution is 0.155. The van der Waals surface area contributed by atoms with Crippen molar-refractivity contribution in [3.63, 3.8) is 0 Å². The van der Waals surface area contributed by atoms with Crippen molar-refractivity contribution in [1.82, 2.24) is 9.88 Å². The predicted octanol–water partition coefficient (Wildman–Crippen LogP) is 2.45. The largest absolute Gasteiger partial charge is 0.328 e. The van der Waals surface area contributed by atoms with Gasteiger partial charge in [-0.05, 0) is 39.3 Å². The number of nitrogens with zero attached hydrogens (tertiary/aromatic N) is 2. The van der Waals surface area contributed by atoms with E-state index in [0.717, 1.165) is 12.8 Å². The molecule has 0 spiro atoms. The van der Waals surface area contributed by atoms with Crippen LogP contribution in [0.4, 0.5) is 0 Å². The lowest BCUT2D eigenvalue weighted by Crippen LogP contribution is -2.40. The van der Waals surface area contributed by atoms with Crippen LogP contribution in [0.15, 0.2) is 6.20 Å². The molecule has 0 bridgehead atoms. The zero-order valence-corrected chi connectivity index (χ0v) is 12.4. The minimum Gasteiger partial charge on any atom is -0.328 e. The topological polar surface area (TPSA) is 42.2 Å². The van der Waals surface area contributed by atoms with E-state index in [1.54, 1.807) is 0 Å². The van der Waals surface area contributed by atoms with E-state index in [0.29, 0.717) is 6.04 Å². The second-order valence-electron chi connectivity index (χ2n) is 5.38. The fraction of sp³-hybridized carbons (Fsp3) is 0.786. The minimum absolute atomic E-state index is 0.236. The molecule has 2 rings (SSSR count). The number of rotatable bonds is 5. The number of likely N-dealkylation sites (tertiary alicyclic amines) is 1. The normalized spacial score (nSPS) is 23.2. The molecule has 2 atom stereocenters. The molecule has 0 aliphatic carbocycles. The second-order valence-corrected chi connectivity index (χ2v) is 6.58. The van der Waals surface area contributed by atoms with Gasteiger partial charge in [-0.3, -0.25) is 0 Å². The quantitative estimate of drug-likeness (QED) is 0.891. The molecule has 1 aromatic heterocycles. The molecule has 2 N–H and O–H groups in total. The molecule has 1 aromatic rings. The van der Waals surface area contributed by atoms with Crippen molar-refractivity contribution in [3.8, 4) is 0 Å². The van der Waals surface area contributed by atoms with E-state index < -0.39 is 0 Å². The molecule has 2 unspecified atom stereocenters. The van der Waals surface area contributed by atoms with Gasteiger partial charge >= 0.3 is 0 Å². The van der Waals surface area contributed by atoms with Crippen LogP contribution in [-0.4, -0.2) is 35.1 Å². The number of aromatic nitrogens is 1. The van der Waals surface area contributed by atoms with Crippen LogP contribution in [-0.2, 0) is 12.8 Å². The molecule has 0 aromatic carbocycles. The van der Waals surface area contributed by atoms with Crippen molar-refractivity contribution in [2.75, 3.05) is 13.1 Å². The summed E-state index contributed by atoms with van der Waals surface area (Å²) < 4.78 is 0. The smallest absolute Gasteiger partial charge is 0.0943 e. The lowest BCUT2D eigenvalue weighted by Gasteiger charge is -2.34. The van der Waals surface area contributed by atoms with Gasteiger partial charge in [0.15, 0.2) is 0 Å². The van der Waals surface area contributed by atoms with Crippen LogP contribution < -0.4 is 5.73 Å². The van der Waals surface area contributed by atoms with E-state index in [1.165, 1.54) is 42.2 Å². The Morgan fingerprint density at radius 3 is 3.11 bits per heavy atom. The molecule has 1 aliphatic heterocycles. The minimum atomic E-state index is 0.236. The molecule has 1 saturated heterocycles. The monoisotopic (exact) mass is 267 g/mol. The van der Waals surface area contributed by atoms with Crippen LogP contribution in [0.3, 0.4) is 0 Å². The SMILES string of the molecule is CCN1CCCCC1Cc1ncc(CC(C)N)s1. The second kappa shape index (κ2) is 6.64.